The molecule has 1 saturated carbocycles. The summed E-state index contributed by atoms with van der Waals surface area (Å²) in [4.78, 5) is 12.1. The Morgan fingerprint density at radius 1 is 1.21 bits per heavy atom. The van der Waals surface area contributed by atoms with E-state index in [1.807, 2.05) is 26.8 Å². The van der Waals surface area contributed by atoms with Crippen LogP contribution in [0.15, 0.2) is 18.2 Å². The summed E-state index contributed by atoms with van der Waals surface area (Å²) >= 11 is 0. The molecule has 0 aromatic heterocycles. The zero-order chi connectivity index (χ0) is 17.6. The summed E-state index contributed by atoms with van der Waals surface area (Å²) in [5.74, 6) is -0.305. The van der Waals surface area contributed by atoms with E-state index in [1.165, 1.54) is 11.1 Å². The number of esters is 1. The first-order chi connectivity index (χ1) is 11.1. The van der Waals surface area contributed by atoms with Crippen LogP contribution in [0.2, 0.25) is 0 Å². The third-order valence-corrected chi connectivity index (χ3v) is 5.60. The number of nitrogen functional groups attached to an aromatic ring is 1. The molecule has 0 aliphatic heterocycles. The van der Waals surface area contributed by atoms with Crippen LogP contribution in [0.25, 0.3) is 0 Å². The smallest absolute Gasteiger partial charge is 0.309 e. The maximum Gasteiger partial charge on any atom is 0.309 e. The highest BCUT2D eigenvalue weighted by molar-refractivity contribution is 5.71. The monoisotopic (exact) mass is 331 g/mol. The van der Waals surface area contributed by atoms with Gasteiger partial charge in [0.25, 0.3) is 0 Å². The number of rotatable bonds is 2. The van der Waals surface area contributed by atoms with Crippen LogP contribution < -0.4 is 5.73 Å². The number of carbonyl (C=O) groups excluding carboxylic acids is 1. The third kappa shape index (κ3) is 3.44. The second-order valence-corrected chi connectivity index (χ2v) is 8.68. The lowest BCUT2D eigenvalue weighted by atomic mass is 9.65. The molecule has 1 aromatic rings. The number of benzene rings is 1. The molecule has 0 radical (unpaired) electrons. The Morgan fingerprint density at radius 3 is 2.50 bits per heavy atom. The second kappa shape index (κ2) is 5.76. The van der Waals surface area contributed by atoms with Gasteiger partial charge >= 0.3 is 5.97 Å². The molecule has 1 aromatic carbocycles. The van der Waals surface area contributed by atoms with E-state index < -0.39 is 11.2 Å². The van der Waals surface area contributed by atoms with Crippen LogP contribution in [0.5, 0.6) is 0 Å². The first-order valence-corrected chi connectivity index (χ1v) is 8.94. The van der Waals surface area contributed by atoms with E-state index in [9.17, 15) is 9.90 Å². The molecule has 3 rings (SSSR count). The highest BCUT2D eigenvalue weighted by Gasteiger charge is 2.46. The normalized spacial score (nSPS) is 29.5. The van der Waals surface area contributed by atoms with Crippen LogP contribution in [0.1, 0.15) is 70.4 Å². The van der Waals surface area contributed by atoms with Crippen LogP contribution in [-0.2, 0) is 21.4 Å². The first-order valence-electron chi connectivity index (χ1n) is 8.94. The molecule has 4 nitrogen and oxygen atoms in total. The number of carbonyl (C=O) groups is 1. The van der Waals surface area contributed by atoms with E-state index in [4.69, 9.17) is 10.5 Å². The van der Waals surface area contributed by atoms with Crippen LogP contribution >= 0.6 is 0 Å². The summed E-state index contributed by atoms with van der Waals surface area (Å²) in [5, 5.41) is 10.9. The van der Waals surface area contributed by atoms with Gasteiger partial charge in [0.15, 0.2) is 0 Å². The first kappa shape index (κ1) is 17.3. The van der Waals surface area contributed by atoms with Crippen LogP contribution in [-0.4, -0.2) is 22.3 Å². The minimum atomic E-state index is -0.926. The Morgan fingerprint density at radius 2 is 1.88 bits per heavy atom. The van der Waals surface area contributed by atoms with Gasteiger partial charge in [-0.15, -0.1) is 0 Å². The van der Waals surface area contributed by atoms with E-state index in [2.05, 4.69) is 12.1 Å². The minimum Gasteiger partial charge on any atom is -0.460 e. The molecule has 2 aliphatic carbocycles. The van der Waals surface area contributed by atoms with Gasteiger partial charge in [0, 0.05) is 5.69 Å². The van der Waals surface area contributed by atoms with Crippen molar-refractivity contribution in [1.82, 2.24) is 0 Å². The van der Waals surface area contributed by atoms with Gasteiger partial charge in [0.2, 0.25) is 0 Å². The number of hydrogen-bond donors (Lipinski definition) is 2. The number of fused-ring (bicyclic) bond motifs is 2. The predicted octanol–water partition coefficient (Wildman–Crippen LogP) is 3.49. The van der Waals surface area contributed by atoms with Crippen molar-refractivity contribution in [2.45, 2.75) is 82.3 Å². The fourth-order valence-corrected chi connectivity index (χ4v) is 4.38. The van der Waals surface area contributed by atoms with Crippen molar-refractivity contribution in [3.05, 3.63) is 29.3 Å². The summed E-state index contributed by atoms with van der Waals surface area (Å²) in [6.07, 6.45) is 5.41. The van der Waals surface area contributed by atoms with Gasteiger partial charge in [0.1, 0.15) is 5.60 Å². The summed E-state index contributed by atoms with van der Waals surface area (Å²) < 4.78 is 5.38. The van der Waals surface area contributed by atoms with Gasteiger partial charge in [-0.2, -0.15) is 0 Å². The van der Waals surface area contributed by atoms with E-state index in [0.717, 1.165) is 31.4 Å². The Bertz CT molecular complexity index is 637. The highest BCUT2D eigenvalue weighted by Crippen LogP contribution is 2.51. The fraction of sp³-hybridized carbons (Fsp3) is 0.650. The summed E-state index contributed by atoms with van der Waals surface area (Å²) in [7, 11) is 0. The van der Waals surface area contributed by atoms with Crippen molar-refractivity contribution in [3.8, 4) is 0 Å². The molecule has 1 fully saturated rings. The Balaban J connectivity index is 1.67. The average Bonchev–Trinajstić information content (AvgIpc) is 2.79. The highest BCUT2D eigenvalue weighted by atomic mass is 16.6. The number of hydrogen-bond acceptors (Lipinski definition) is 4. The van der Waals surface area contributed by atoms with Gasteiger partial charge in [-0.1, -0.05) is 6.07 Å². The number of nitrogens with two attached hydrogens (primary N) is 1. The minimum absolute atomic E-state index is 0.0922. The molecule has 132 valence electrons. The Kier molecular flexibility index (Phi) is 4.15. The zero-order valence-electron chi connectivity index (χ0n) is 15.0. The van der Waals surface area contributed by atoms with Crippen LogP contribution in [0, 0.1) is 0 Å². The fourth-order valence-electron chi connectivity index (χ4n) is 4.38. The molecule has 0 saturated heterocycles. The topological polar surface area (TPSA) is 72.5 Å². The molecule has 0 heterocycles. The van der Waals surface area contributed by atoms with E-state index in [0.29, 0.717) is 12.8 Å². The lowest BCUT2D eigenvalue weighted by molar-refractivity contribution is -0.162. The van der Waals surface area contributed by atoms with Gasteiger partial charge in [0.05, 0.1) is 12.0 Å². The SMILES string of the molecule is CC(C)(C)OC(=O)CC1(O)CCC2(CCc3cc(N)ccc32)CC1. The van der Waals surface area contributed by atoms with Gasteiger partial charge in [-0.25, -0.2) is 0 Å². The number of ether oxygens (including phenoxy) is 1. The molecule has 1 spiro atoms. The van der Waals surface area contributed by atoms with Crippen molar-refractivity contribution in [2.24, 2.45) is 0 Å². The number of aryl methyl sites for hydroxylation is 1. The van der Waals surface area contributed by atoms with Crippen molar-refractivity contribution in [1.29, 1.82) is 0 Å². The molecular formula is C20H29NO3. The average molecular weight is 331 g/mol. The van der Waals surface area contributed by atoms with Crippen molar-refractivity contribution in [2.75, 3.05) is 5.73 Å². The molecule has 24 heavy (non-hydrogen) atoms. The quantitative estimate of drug-likeness (QED) is 0.643. The van der Waals surface area contributed by atoms with Crippen LogP contribution in [0.3, 0.4) is 0 Å². The van der Waals surface area contributed by atoms with Crippen molar-refractivity contribution >= 4 is 11.7 Å². The maximum atomic E-state index is 12.1. The standard InChI is InChI=1S/C20H29NO3/c1-18(2,3)24-17(22)13-20(23)10-8-19(9-11-20)7-6-14-12-15(21)4-5-16(14)19/h4-5,12,23H,6-11,13,21H2,1-3H3. The molecule has 2 aliphatic rings. The number of anilines is 1. The van der Waals surface area contributed by atoms with Crippen molar-refractivity contribution in [3.63, 3.8) is 0 Å². The van der Waals surface area contributed by atoms with Gasteiger partial charge < -0.3 is 15.6 Å². The maximum absolute atomic E-state index is 12.1. The number of aliphatic hydroxyl groups is 1. The largest absolute Gasteiger partial charge is 0.460 e. The Hall–Kier alpha value is -1.55. The Labute approximate surface area is 144 Å². The van der Waals surface area contributed by atoms with Crippen LogP contribution in [0.4, 0.5) is 5.69 Å². The molecule has 0 bridgehead atoms. The predicted molar refractivity (Wildman–Crippen MR) is 94.7 cm³/mol. The van der Waals surface area contributed by atoms with E-state index >= 15 is 0 Å². The molecule has 0 unspecified atom stereocenters. The van der Waals surface area contributed by atoms with E-state index in [-0.39, 0.29) is 17.8 Å². The summed E-state index contributed by atoms with van der Waals surface area (Å²) in [6, 6.07) is 6.23. The van der Waals surface area contributed by atoms with Crippen molar-refractivity contribution < 1.29 is 14.6 Å². The molecule has 0 atom stereocenters. The zero-order valence-corrected chi connectivity index (χ0v) is 15.0. The summed E-state index contributed by atoms with van der Waals surface area (Å²) in [6.45, 7) is 5.56. The lowest BCUT2D eigenvalue weighted by Crippen LogP contribution is -2.42. The summed E-state index contributed by atoms with van der Waals surface area (Å²) in [5.41, 5.74) is 8.20. The van der Waals surface area contributed by atoms with Gasteiger partial charge in [-0.3, -0.25) is 4.79 Å². The van der Waals surface area contributed by atoms with Gasteiger partial charge in [-0.05, 0) is 88.0 Å². The molecule has 4 heteroatoms. The third-order valence-electron chi connectivity index (χ3n) is 5.60. The second-order valence-electron chi connectivity index (χ2n) is 8.68. The molecule has 0 amide bonds. The van der Waals surface area contributed by atoms with E-state index in [1.54, 1.807) is 0 Å². The molecular weight excluding hydrogens is 302 g/mol. The lowest BCUT2D eigenvalue weighted by Gasteiger charge is -2.42. The molecule has 3 N–H and O–H groups in total.